The molecule has 2 fully saturated rings. The molecule has 0 radical (unpaired) electrons. The highest BCUT2D eigenvalue weighted by Gasteiger charge is 2.73. The Bertz CT molecular complexity index is 711. The number of aliphatic carboxylic acids is 1. The number of carbonyl (C=O) groups is 3. The predicted octanol–water partition coefficient (Wildman–Crippen LogP) is 1.16. The number of carboxylic acid groups (broad SMARTS) is 1. The molecule has 2 amide bonds. The fraction of sp³-hybridized carbons (Fsp3) is 0.438. The molecule has 0 unspecified atom stereocenters. The monoisotopic (exact) mass is 352 g/mol. The highest BCUT2D eigenvalue weighted by molar-refractivity contribution is 8.01. The third-order valence-electron chi connectivity index (χ3n) is 4.25. The van der Waals surface area contributed by atoms with Crippen molar-refractivity contribution < 1.29 is 23.9 Å². The number of hydrogen-bond donors (Lipinski definition) is 2. The Balaban J connectivity index is 1.75. The molecular weight excluding hydrogens is 335 g/mol. The first-order valence-electron chi connectivity index (χ1n) is 7.44. The molecule has 8 heteroatoms. The second-order valence-corrected chi connectivity index (χ2v) is 8.18. The summed E-state index contributed by atoms with van der Waals surface area (Å²) in [4.78, 5) is 36.7. The number of alkyl halides is 1. The molecule has 0 aromatic heterocycles. The van der Waals surface area contributed by atoms with Gasteiger partial charge in [0, 0.05) is 4.75 Å². The van der Waals surface area contributed by atoms with Crippen LogP contribution in [0.15, 0.2) is 30.3 Å². The van der Waals surface area contributed by atoms with E-state index < -0.39 is 39.7 Å². The molecule has 2 aliphatic heterocycles. The van der Waals surface area contributed by atoms with Gasteiger partial charge in [-0.2, -0.15) is 0 Å². The van der Waals surface area contributed by atoms with Crippen LogP contribution in [0.3, 0.4) is 0 Å². The number of fused-ring (bicyclic) bond motifs is 1. The number of rotatable bonds is 4. The first-order valence-corrected chi connectivity index (χ1v) is 8.32. The molecule has 2 N–H and O–H groups in total. The van der Waals surface area contributed by atoms with Gasteiger partial charge in [-0.25, -0.2) is 9.18 Å². The number of halogens is 1. The molecule has 3 atom stereocenters. The van der Waals surface area contributed by atoms with Crippen molar-refractivity contribution in [2.75, 3.05) is 0 Å². The highest BCUT2D eigenvalue weighted by atomic mass is 32.2. The third kappa shape index (κ3) is 2.45. The topological polar surface area (TPSA) is 86.7 Å². The van der Waals surface area contributed by atoms with E-state index in [9.17, 15) is 19.5 Å². The average molecular weight is 352 g/mol. The molecule has 1 aromatic carbocycles. The van der Waals surface area contributed by atoms with Gasteiger partial charge in [-0.1, -0.05) is 30.3 Å². The number of benzene rings is 1. The van der Waals surface area contributed by atoms with Crippen LogP contribution in [0.25, 0.3) is 0 Å². The van der Waals surface area contributed by atoms with Crippen molar-refractivity contribution in [3.63, 3.8) is 0 Å². The van der Waals surface area contributed by atoms with E-state index in [0.717, 1.165) is 16.7 Å². The number of hydrogen-bond acceptors (Lipinski definition) is 4. The maximum Gasteiger partial charge on any atom is 0.327 e. The van der Waals surface area contributed by atoms with Crippen molar-refractivity contribution in [2.24, 2.45) is 0 Å². The van der Waals surface area contributed by atoms with Gasteiger partial charge in [0.05, 0.1) is 6.42 Å². The van der Waals surface area contributed by atoms with Crippen LogP contribution >= 0.6 is 11.8 Å². The molecule has 1 aromatic rings. The van der Waals surface area contributed by atoms with Crippen LogP contribution in [0, 0.1) is 0 Å². The Morgan fingerprint density at radius 2 is 1.96 bits per heavy atom. The summed E-state index contributed by atoms with van der Waals surface area (Å²) < 4.78 is 14.2. The minimum absolute atomic E-state index is 0.0527. The Hall–Kier alpha value is -2.09. The number of nitrogens with one attached hydrogen (secondary N) is 1. The normalized spacial score (nSPS) is 30.5. The van der Waals surface area contributed by atoms with Crippen molar-refractivity contribution in [1.29, 1.82) is 0 Å². The van der Waals surface area contributed by atoms with Crippen LogP contribution in [0.1, 0.15) is 19.4 Å². The first-order chi connectivity index (χ1) is 11.2. The molecule has 2 heterocycles. The quantitative estimate of drug-likeness (QED) is 0.627. The number of β-lactam (4-membered cyclic amide) rings is 1. The summed E-state index contributed by atoms with van der Waals surface area (Å²) >= 11 is 1.05. The SMILES string of the molecule is CC1(C)S[C@H]2N(C(=O)[C@]2(F)NC(=O)Cc2ccccc2)[C@H]1C(=O)O. The van der Waals surface area contributed by atoms with E-state index in [-0.39, 0.29) is 6.42 Å². The molecule has 2 saturated heterocycles. The molecule has 2 aliphatic rings. The standard InChI is InChI=1S/C16H17FN2O4S/c1-15(2)11(12(21)22)19-13(23)16(17,14(19)24-15)18-10(20)8-9-6-4-3-5-7-9/h3-7,11,14H,8H2,1-2H3,(H,18,20)(H,21,22)/t11-,14+,16-/m0/s1. The van der Waals surface area contributed by atoms with Crippen LogP contribution in [0.4, 0.5) is 4.39 Å². The highest BCUT2D eigenvalue weighted by Crippen LogP contribution is 2.55. The lowest BCUT2D eigenvalue weighted by molar-refractivity contribution is -0.181. The number of thioether (sulfide) groups is 1. The third-order valence-corrected chi connectivity index (χ3v) is 5.86. The first kappa shape index (κ1) is 16.8. The zero-order valence-corrected chi connectivity index (χ0v) is 14.0. The molecule has 0 spiro atoms. The van der Waals surface area contributed by atoms with E-state index in [1.54, 1.807) is 44.2 Å². The second-order valence-electron chi connectivity index (χ2n) is 6.45. The summed E-state index contributed by atoms with van der Waals surface area (Å²) in [5.74, 6) is -5.35. The fourth-order valence-corrected chi connectivity index (χ4v) is 4.74. The molecule has 128 valence electrons. The minimum Gasteiger partial charge on any atom is -0.480 e. The van der Waals surface area contributed by atoms with E-state index in [1.165, 1.54) is 0 Å². The summed E-state index contributed by atoms with van der Waals surface area (Å²) in [6.07, 6.45) is -0.0527. The van der Waals surface area contributed by atoms with E-state index >= 15 is 4.39 Å². The molecule has 24 heavy (non-hydrogen) atoms. The predicted molar refractivity (Wildman–Crippen MR) is 85.9 cm³/mol. The summed E-state index contributed by atoms with van der Waals surface area (Å²) in [6, 6.07) is 7.66. The molecule has 0 saturated carbocycles. The Kier molecular flexibility index (Phi) is 3.82. The largest absolute Gasteiger partial charge is 0.480 e. The van der Waals surface area contributed by atoms with Crippen LogP contribution < -0.4 is 5.32 Å². The summed E-state index contributed by atoms with van der Waals surface area (Å²) in [5.41, 5.74) is 0.699. The average Bonchev–Trinajstić information content (AvgIpc) is 2.77. The van der Waals surface area contributed by atoms with Gasteiger partial charge < -0.3 is 15.3 Å². The van der Waals surface area contributed by atoms with E-state index in [1.807, 2.05) is 0 Å². The Morgan fingerprint density at radius 1 is 1.33 bits per heavy atom. The maximum absolute atomic E-state index is 15.1. The second kappa shape index (κ2) is 5.47. The maximum atomic E-state index is 15.1. The number of carboxylic acids is 1. The molecule has 6 nitrogen and oxygen atoms in total. The van der Waals surface area contributed by atoms with Gasteiger partial charge in [0.15, 0.2) is 0 Å². The summed E-state index contributed by atoms with van der Waals surface area (Å²) in [6.45, 7) is 3.29. The van der Waals surface area contributed by atoms with Crippen molar-refractivity contribution >= 4 is 29.5 Å². The zero-order chi connectivity index (χ0) is 17.7. The number of nitrogens with zero attached hydrogens (tertiary/aromatic N) is 1. The fourth-order valence-electron chi connectivity index (χ4n) is 3.16. The smallest absolute Gasteiger partial charge is 0.327 e. The van der Waals surface area contributed by atoms with Gasteiger partial charge in [-0.05, 0) is 19.4 Å². The Morgan fingerprint density at radius 3 is 2.54 bits per heavy atom. The van der Waals surface area contributed by atoms with Gasteiger partial charge in [-0.15, -0.1) is 11.8 Å². The lowest BCUT2D eigenvalue weighted by Crippen LogP contribution is -2.77. The Labute approximate surface area is 142 Å². The minimum atomic E-state index is -2.56. The van der Waals surface area contributed by atoms with Crippen LogP contribution in [0.5, 0.6) is 0 Å². The molecule has 3 rings (SSSR count). The molecule has 0 aliphatic carbocycles. The summed E-state index contributed by atoms with van der Waals surface area (Å²) in [5, 5.41) is 10.4. The van der Waals surface area contributed by atoms with Gasteiger partial charge in [0.25, 0.3) is 11.7 Å². The summed E-state index contributed by atoms with van der Waals surface area (Å²) in [7, 11) is 0. The van der Waals surface area contributed by atoms with Crippen LogP contribution in [-0.2, 0) is 20.8 Å². The van der Waals surface area contributed by atoms with E-state index in [0.29, 0.717) is 5.56 Å². The van der Waals surface area contributed by atoms with Crippen LogP contribution in [0.2, 0.25) is 0 Å². The van der Waals surface area contributed by atoms with Crippen molar-refractivity contribution in [1.82, 2.24) is 10.2 Å². The van der Waals surface area contributed by atoms with Gasteiger partial charge in [0.1, 0.15) is 11.4 Å². The lowest BCUT2D eigenvalue weighted by atomic mass is 9.94. The van der Waals surface area contributed by atoms with Gasteiger partial charge >= 0.3 is 5.97 Å². The number of amides is 2. The molecular formula is C16H17FN2O4S. The lowest BCUT2D eigenvalue weighted by Gasteiger charge is -2.47. The van der Waals surface area contributed by atoms with Crippen LogP contribution in [-0.4, -0.2) is 49.7 Å². The van der Waals surface area contributed by atoms with E-state index in [2.05, 4.69) is 5.32 Å². The van der Waals surface area contributed by atoms with Gasteiger partial charge in [0.2, 0.25) is 5.91 Å². The van der Waals surface area contributed by atoms with E-state index in [4.69, 9.17) is 0 Å². The van der Waals surface area contributed by atoms with Crippen molar-refractivity contribution in [3.8, 4) is 0 Å². The van der Waals surface area contributed by atoms with Crippen molar-refractivity contribution in [3.05, 3.63) is 35.9 Å². The van der Waals surface area contributed by atoms with Gasteiger partial charge in [-0.3, -0.25) is 9.59 Å². The number of carbonyl (C=O) groups excluding carboxylic acids is 2. The zero-order valence-electron chi connectivity index (χ0n) is 13.2. The van der Waals surface area contributed by atoms with Crippen molar-refractivity contribution in [2.45, 2.75) is 42.2 Å². The molecule has 0 bridgehead atoms.